The van der Waals surface area contributed by atoms with Gasteiger partial charge in [-0.25, -0.2) is 4.79 Å². The van der Waals surface area contributed by atoms with E-state index in [9.17, 15) is 4.79 Å². The van der Waals surface area contributed by atoms with Crippen molar-refractivity contribution in [2.75, 3.05) is 14.2 Å². The minimum absolute atomic E-state index is 0.317. The first-order chi connectivity index (χ1) is 7.60. The number of halogens is 1. The van der Waals surface area contributed by atoms with Gasteiger partial charge < -0.3 is 14.6 Å². The van der Waals surface area contributed by atoms with Gasteiger partial charge in [0.15, 0.2) is 0 Å². The van der Waals surface area contributed by atoms with Gasteiger partial charge in [0.25, 0.3) is 0 Å². The predicted octanol–water partition coefficient (Wildman–Crippen LogP) is 2.46. The fourth-order valence-corrected chi connectivity index (χ4v) is 1.54. The Balaban J connectivity index is 3.20. The van der Waals surface area contributed by atoms with Crippen LogP contribution in [-0.4, -0.2) is 25.3 Å². The van der Waals surface area contributed by atoms with Crippen molar-refractivity contribution in [1.82, 2.24) is 0 Å². The topological polar surface area (TPSA) is 55.8 Å². The van der Waals surface area contributed by atoms with Crippen LogP contribution >= 0.6 is 11.6 Å². The summed E-state index contributed by atoms with van der Waals surface area (Å²) < 4.78 is 10.1. The molecular weight excluding hydrogens is 232 g/mol. The lowest BCUT2D eigenvalue weighted by atomic mass is 10.1. The molecule has 0 aliphatic heterocycles. The van der Waals surface area contributed by atoms with Gasteiger partial charge in [0, 0.05) is 11.6 Å². The van der Waals surface area contributed by atoms with Gasteiger partial charge in [-0.05, 0) is 18.2 Å². The zero-order valence-corrected chi connectivity index (χ0v) is 9.62. The first-order valence-electron chi connectivity index (χ1n) is 4.41. The van der Waals surface area contributed by atoms with Crippen molar-refractivity contribution in [2.24, 2.45) is 0 Å². The number of hydrogen-bond acceptors (Lipinski definition) is 3. The van der Waals surface area contributed by atoms with Gasteiger partial charge in [0.2, 0.25) is 0 Å². The van der Waals surface area contributed by atoms with E-state index in [1.807, 2.05) is 0 Å². The fraction of sp³-hybridized carbons (Fsp3) is 0.182. The van der Waals surface area contributed by atoms with Crippen LogP contribution in [0.25, 0.3) is 6.08 Å². The van der Waals surface area contributed by atoms with E-state index in [1.165, 1.54) is 20.3 Å². The molecule has 1 rings (SSSR count). The van der Waals surface area contributed by atoms with Crippen molar-refractivity contribution in [1.29, 1.82) is 0 Å². The molecule has 0 bridgehead atoms. The molecule has 0 atom stereocenters. The number of ether oxygens (including phenoxy) is 2. The van der Waals surface area contributed by atoms with Gasteiger partial charge in [-0.2, -0.15) is 0 Å². The number of benzene rings is 1. The Morgan fingerprint density at radius 2 is 2.06 bits per heavy atom. The molecule has 16 heavy (non-hydrogen) atoms. The quantitative estimate of drug-likeness (QED) is 0.824. The fourth-order valence-electron chi connectivity index (χ4n) is 1.21. The second kappa shape index (κ2) is 5.42. The molecule has 86 valence electrons. The minimum Gasteiger partial charge on any atom is -0.495 e. The average molecular weight is 243 g/mol. The molecule has 0 aliphatic rings. The van der Waals surface area contributed by atoms with Crippen molar-refractivity contribution in [3.63, 3.8) is 0 Å². The molecular formula is C11H11ClO4. The van der Waals surface area contributed by atoms with Crippen LogP contribution in [0.5, 0.6) is 11.5 Å². The Morgan fingerprint density at radius 3 is 2.56 bits per heavy atom. The summed E-state index contributed by atoms with van der Waals surface area (Å²) in [6, 6.07) is 3.31. The Bertz CT molecular complexity index is 426. The second-order valence-electron chi connectivity index (χ2n) is 2.88. The van der Waals surface area contributed by atoms with Crippen molar-refractivity contribution in [3.8, 4) is 11.5 Å². The van der Waals surface area contributed by atoms with Gasteiger partial charge in [0.1, 0.15) is 16.5 Å². The van der Waals surface area contributed by atoms with Gasteiger partial charge in [0.05, 0.1) is 14.2 Å². The molecule has 4 nitrogen and oxygen atoms in total. The highest BCUT2D eigenvalue weighted by Gasteiger charge is 2.11. The summed E-state index contributed by atoms with van der Waals surface area (Å²) in [4.78, 5) is 10.4. The van der Waals surface area contributed by atoms with Crippen LogP contribution in [0.1, 0.15) is 5.56 Å². The third-order valence-corrected chi connectivity index (χ3v) is 2.28. The van der Waals surface area contributed by atoms with Gasteiger partial charge in [-0.3, -0.25) is 0 Å². The first-order valence-corrected chi connectivity index (χ1v) is 4.79. The largest absolute Gasteiger partial charge is 0.495 e. The van der Waals surface area contributed by atoms with E-state index in [4.69, 9.17) is 26.2 Å². The maximum Gasteiger partial charge on any atom is 0.328 e. The van der Waals surface area contributed by atoms with Crippen LogP contribution in [0.4, 0.5) is 0 Å². The summed E-state index contributed by atoms with van der Waals surface area (Å²) >= 11 is 6.00. The summed E-state index contributed by atoms with van der Waals surface area (Å²) in [7, 11) is 2.95. The second-order valence-corrected chi connectivity index (χ2v) is 3.25. The molecule has 0 heterocycles. The number of aliphatic carboxylic acids is 1. The molecule has 0 amide bonds. The molecule has 0 fully saturated rings. The third kappa shape index (κ3) is 2.67. The highest BCUT2D eigenvalue weighted by molar-refractivity contribution is 6.33. The molecule has 0 saturated carbocycles. The van der Waals surface area contributed by atoms with Crippen LogP contribution < -0.4 is 9.47 Å². The number of carbonyl (C=O) groups is 1. The Labute approximate surface area is 98.1 Å². The van der Waals surface area contributed by atoms with Crippen LogP contribution in [-0.2, 0) is 4.79 Å². The number of carboxylic acids is 1. The third-order valence-electron chi connectivity index (χ3n) is 1.92. The Hall–Kier alpha value is -1.68. The van der Waals surface area contributed by atoms with E-state index in [0.29, 0.717) is 22.1 Å². The zero-order chi connectivity index (χ0) is 12.1. The first kappa shape index (κ1) is 12.4. The van der Waals surface area contributed by atoms with E-state index < -0.39 is 5.97 Å². The number of carboxylic acid groups (broad SMARTS) is 1. The lowest BCUT2D eigenvalue weighted by Gasteiger charge is -2.10. The van der Waals surface area contributed by atoms with Crippen LogP contribution in [0.2, 0.25) is 5.02 Å². The molecule has 0 saturated heterocycles. The molecule has 1 aromatic carbocycles. The predicted molar refractivity (Wildman–Crippen MR) is 61.2 cm³/mol. The van der Waals surface area contributed by atoms with E-state index >= 15 is 0 Å². The average Bonchev–Trinajstić information content (AvgIpc) is 2.26. The number of rotatable bonds is 4. The van der Waals surface area contributed by atoms with E-state index in [-0.39, 0.29) is 0 Å². The van der Waals surface area contributed by atoms with Crippen molar-refractivity contribution in [2.45, 2.75) is 0 Å². The Morgan fingerprint density at radius 1 is 1.38 bits per heavy atom. The molecule has 0 unspecified atom stereocenters. The highest BCUT2D eigenvalue weighted by atomic mass is 35.5. The maximum atomic E-state index is 10.4. The SMILES string of the molecule is COc1ccc(/C=C/C(=O)O)c(OC)c1Cl. The molecule has 0 spiro atoms. The number of methoxy groups -OCH3 is 2. The van der Waals surface area contributed by atoms with E-state index in [2.05, 4.69) is 0 Å². The van der Waals surface area contributed by atoms with E-state index in [1.54, 1.807) is 12.1 Å². The molecule has 0 aliphatic carbocycles. The van der Waals surface area contributed by atoms with Crippen molar-refractivity contribution in [3.05, 3.63) is 28.8 Å². The van der Waals surface area contributed by atoms with Crippen LogP contribution in [0.3, 0.4) is 0 Å². The summed E-state index contributed by atoms with van der Waals surface area (Å²) in [5.74, 6) is -0.168. The molecule has 1 N–H and O–H groups in total. The molecule has 5 heteroatoms. The molecule has 0 radical (unpaired) electrons. The molecule has 1 aromatic rings. The maximum absolute atomic E-state index is 10.4. The van der Waals surface area contributed by atoms with Gasteiger partial charge in [-0.1, -0.05) is 11.6 Å². The summed E-state index contributed by atoms with van der Waals surface area (Å²) in [5.41, 5.74) is 0.579. The lowest BCUT2D eigenvalue weighted by molar-refractivity contribution is -0.131. The van der Waals surface area contributed by atoms with Crippen LogP contribution in [0.15, 0.2) is 18.2 Å². The van der Waals surface area contributed by atoms with Crippen molar-refractivity contribution >= 4 is 23.6 Å². The highest BCUT2D eigenvalue weighted by Crippen LogP contribution is 2.37. The monoisotopic (exact) mass is 242 g/mol. The smallest absolute Gasteiger partial charge is 0.328 e. The summed E-state index contributed by atoms with van der Waals surface area (Å²) in [5, 5.41) is 8.84. The summed E-state index contributed by atoms with van der Waals surface area (Å²) in [6.07, 6.45) is 2.42. The van der Waals surface area contributed by atoms with E-state index in [0.717, 1.165) is 6.08 Å². The lowest BCUT2D eigenvalue weighted by Crippen LogP contribution is -1.93. The van der Waals surface area contributed by atoms with Crippen LogP contribution in [0, 0.1) is 0 Å². The van der Waals surface area contributed by atoms with Gasteiger partial charge >= 0.3 is 5.97 Å². The minimum atomic E-state index is -1.03. The Kier molecular flexibility index (Phi) is 4.19. The van der Waals surface area contributed by atoms with Gasteiger partial charge in [-0.15, -0.1) is 0 Å². The standard InChI is InChI=1S/C11H11ClO4/c1-15-8-5-3-7(4-6-9(13)14)11(16-2)10(8)12/h3-6H,1-2H3,(H,13,14)/b6-4+. The number of hydrogen-bond donors (Lipinski definition) is 1. The van der Waals surface area contributed by atoms with Crippen molar-refractivity contribution < 1.29 is 19.4 Å². The normalized spacial score (nSPS) is 10.4. The summed E-state index contributed by atoms with van der Waals surface area (Å²) in [6.45, 7) is 0. The zero-order valence-electron chi connectivity index (χ0n) is 8.86. The molecule has 0 aromatic heterocycles.